The first-order chi connectivity index (χ1) is 7.35. The molecule has 84 valence electrons. The Balaban J connectivity index is 1.89. The summed E-state index contributed by atoms with van der Waals surface area (Å²) >= 11 is 0. The molecule has 1 fully saturated rings. The number of aromatic nitrogens is 3. The predicted molar refractivity (Wildman–Crippen MR) is 59.2 cm³/mol. The van der Waals surface area contributed by atoms with Gasteiger partial charge >= 0.3 is 0 Å². The van der Waals surface area contributed by atoms with E-state index in [0.29, 0.717) is 5.41 Å². The number of nitrogens with zero attached hydrogens (tertiary/aromatic N) is 3. The van der Waals surface area contributed by atoms with Crippen LogP contribution >= 0.6 is 0 Å². The molecular formula is C11H20N4. The normalized spacial score (nSPS) is 20.3. The van der Waals surface area contributed by atoms with E-state index in [1.165, 1.54) is 32.1 Å². The number of rotatable bonds is 4. The number of hydrogen-bond donors (Lipinski definition) is 1. The molecule has 4 nitrogen and oxygen atoms in total. The number of nitrogens with two attached hydrogens (primary N) is 1. The summed E-state index contributed by atoms with van der Waals surface area (Å²) in [5.74, 6) is 0. The second-order valence-corrected chi connectivity index (χ2v) is 4.67. The third-order valence-corrected chi connectivity index (χ3v) is 3.69. The van der Waals surface area contributed by atoms with E-state index in [1.54, 1.807) is 12.7 Å². The van der Waals surface area contributed by atoms with E-state index >= 15 is 0 Å². The van der Waals surface area contributed by atoms with Crippen molar-refractivity contribution in [2.75, 3.05) is 6.54 Å². The predicted octanol–water partition coefficient (Wildman–Crippen LogP) is 1.58. The molecule has 0 spiro atoms. The lowest BCUT2D eigenvalue weighted by molar-refractivity contribution is 0.171. The molecule has 0 radical (unpaired) electrons. The Morgan fingerprint density at radius 2 is 2.07 bits per heavy atom. The van der Waals surface area contributed by atoms with E-state index in [9.17, 15) is 0 Å². The van der Waals surface area contributed by atoms with Crippen LogP contribution in [0.15, 0.2) is 12.7 Å². The molecule has 0 aliphatic heterocycles. The van der Waals surface area contributed by atoms with Gasteiger partial charge in [-0.25, -0.2) is 4.98 Å². The average Bonchev–Trinajstić information content (AvgIpc) is 2.81. The standard InChI is InChI=1S/C11H20N4/c12-8-11(4-2-1-3-5-11)6-7-15-10-13-9-14-15/h9-10H,1-8,12H2. The summed E-state index contributed by atoms with van der Waals surface area (Å²) in [6.45, 7) is 1.78. The molecule has 4 heteroatoms. The molecule has 0 amide bonds. The summed E-state index contributed by atoms with van der Waals surface area (Å²) in [6, 6.07) is 0. The zero-order chi connectivity index (χ0) is 10.6. The molecule has 0 atom stereocenters. The van der Waals surface area contributed by atoms with Crippen LogP contribution in [0.4, 0.5) is 0 Å². The molecular weight excluding hydrogens is 188 g/mol. The second-order valence-electron chi connectivity index (χ2n) is 4.67. The van der Waals surface area contributed by atoms with Crippen LogP contribution in [0.25, 0.3) is 0 Å². The highest BCUT2D eigenvalue weighted by Crippen LogP contribution is 2.38. The van der Waals surface area contributed by atoms with Gasteiger partial charge in [0.15, 0.2) is 0 Å². The Labute approximate surface area is 90.9 Å². The molecule has 15 heavy (non-hydrogen) atoms. The minimum atomic E-state index is 0.379. The van der Waals surface area contributed by atoms with Gasteiger partial charge < -0.3 is 5.73 Å². The number of aryl methyl sites for hydroxylation is 1. The van der Waals surface area contributed by atoms with Gasteiger partial charge in [-0.3, -0.25) is 4.68 Å². The van der Waals surface area contributed by atoms with Gasteiger partial charge in [-0.05, 0) is 31.2 Å². The van der Waals surface area contributed by atoms with Crippen molar-refractivity contribution >= 4 is 0 Å². The van der Waals surface area contributed by atoms with Gasteiger partial charge in [0, 0.05) is 6.54 Å². The second kappa shape index (κ2) is 4.75. The van der Waals surface area contributed by atoms with Crippen molar-refractivity contribution in [1.29, 1.82) is 0 Å². The Morgan fingerprint density at radius 3 is 2.67 bits per heavy atom. The lowest BCUT2D eigenvalue weighted by Gasteiger charge is -2.36. The largest absolute Gasteiger partial charge is 0.330 e. The first-order valence-corrected chi connectivity index (χ1v) is 5.87. The van der Waals surface area contributed by atoms with E-state index in [0.717, 1.165) is 19.5 Å². The molecule has 0 aromatic carbocycles. The van der Waals surface area contributed by atoms with Gasteiger partial charge in [0.05, 0.1) is 0 Å². The highest BCUT2D eigenvalue weighted by atomic mass is 15.3. The molecule has 1 aromatic rings. The van der Waals surface area contributed by atoms with Crippen molar-refractivity contribution < 1.29 is 0 Å². The van der Waals surface area contributed by atoms with Crippen molar-refractivity contribution in [2.45, 2.75) is 45.1 Å². The molecule has 0 saturated heterocycles. The molecule has 1 aliphatic carbocycles. The molecule has 2 N–H and O–H groups in total. The van der Waals surface area contributed by atoms with Crippen LogP contribution in [0.5, 0.6) is 0 Å². The van der Waals surface area contributed by atoms with Crippen molar-refractivity contribution in [2.24, 2.45) is 11.1 Å². The first-order valence-electron chi connectivity index (χ1n) is 5.87. The summed E-state index contributed by atoms with van der Waals surface area (Å²) in [5.41, 5.74) is 6.31. The molecule has 1 heterocycles. The average molecular weight is 208 g/mol. The van der Waals surface area contributed by atoms with Gasteiger partial charge in [0.1, 0.15) is 12.7 Å². The summed E-state index contributed by atoms with van der Waals surface area (Å²) in [6.07, 6.45) is 11.2. The van der Waals surface area contributed by atoms with E-state index in [1.807, 2.05) is 4.68 Å². The minimum absolute atomic E-state index is 0.379. The van der Waals surface area contributed by atoms with E-state index in [4.69, 9.17) is 5.73 Å². The third kappa shape index (κ3) is 2.56. The van der Waals surface area contributed by atoms with E-state index in [2.05, 4.69) is 10.1 Å². The Bertz CT molecular complexity index is 275. The van der Waals surface area contributed by atoms with E-state index < -0.39 is 0 Å². The highest BCUT2D eigenvalue weighted by molar-refractivity contribution is 4.83. The molecule has 0 bridgehead atoms. The fourth-order valence-corrected chi connectivity index (χ4v) is 2.56. The lowest BCUT2D eigenvalue weighted by atomic mass is 9.72. The maximum Gasteiger partial charge on any atom is 0.137 e. The smallest absolute Gasteiger partial charge is 0.137 e. The van der Waals surface area contributed by atoms with Gasteiger partial charge in [-0.1, -0.05) is 19.3 Å². The summed E-state index contributed by atoms with van der Waals surface area (Å²) in [4.78, 5) is 3.96. The topological polar surface area (TPSA) is 56.7 Å². The SMILES string of the molecule is NCC1(CCn2cncn2)CCCCC1. The maximum atomic E-state index is 5.93. The summed E-state index contributed by atoms with van der Waals surface area (Å²) in [5, 5.41) is 4.13. The fourth-order valence-electron chi connectivity index (χ4n) is 2.56. The van der Waals surface area contributed by atoms with Crippen molar-refractivity contribution in [1.82, 2.24) is 14.8 Å². The fraction of sp³-hybridized carbons (Fsp3) is 0.818. The molecule has 1 aliphatic rings. The lowest BCUT2D eigenvalue weighted by Crippen LogP contribution is -2.33. The Kier molecular flexibility index (Phi) is 3.36. The quantitative estimate of drug-likeness (QED) is 0.817. The van der Waals surface area contributed by atoms with Crippen LogP contribution in [0.2, 0.25) is 0 Å². The molecule has 1 saturated carbocycles. The van der Waals surface area contributed by atoms with E-state index in [-0.39, 0.29) is 0 Å². The summed E-state index contributed by atoms with van der Waals surface area (Å²) < 4.78 is 1.91. The van der Waals surface area contributed by atoms with Crippen LogP contribution in [-0.2, 0) is 6.54 Å². The van der Waals surface area contributed by atoms with Crippen molar-refractivity contribution in [3.8, 4) is 0 Å². The van der Waals surface area contributed by atoms with Crippen LogP contribution in [0.1, 0.15) is 38.5 Å². The van der Waals surface area contributed by atoms with Crippen LogP contribution < -0.4 is 5.73 Å². The Hall–Kier alpha value is -0.900. The van der Waals surface area contributed by atoms with Crippen LogP contribution in [0, 0.1) is 5.41 Å². The third-order valence-electron chi connectivity index (χ3n) is 3.69. The Morgan fingerprint density at radius 1 is 1.27 bits per heavy atom. The summed E-state index contributed by atoms with van der Waals surface area (Å²) in [7, 11) is 0. The van der Waals surface area contributed by atoms with Gasteiger partial charge in [-0.15, -0.1) is 0 Å². The maximum absolute atomic E-state index is 5.93. The van der Waals surface area contributed by atoms with Gasteiger partial charge in [0.2, 0.25) is 0 Å². The van der Waals surface area contributed by atoms with Crippen LogP contribution in [0.3, 0.4) is 0 Å². The molecule has 2 rings (SSSR count). The van der Waals surface area contributed by atoms with Crippen molar-refractivity contribution in [3.63, 3.8) is 0 Å². The van der Waals surface area contributed by atoms with Crippen molar-refractivity contribution in [3.05, 3.63) is 12.7 Å². The molecule has 0 unspecified atom stereocenters. The highest BCUT2D eigenvalue weighted by Gasteiger charge is 2.30. The molecule has 1 aromatic heterocycles. The monoisotopic (exact) mass is 208 g/mol. The minimum Gasteiger partial charge on any atom is -0.330 e. The zero-order valence-electron chi connectivity index (χ0n) is 9.23. The first kappa shape index (κ1) is 10.6. The van der Waals surface area contributed by atoms with Gasteiger partial charge in [-0.2, -0.15) is 5.10 Å². The number of hydrogen-bond acceptors (Lipinski definition) is 3. The van der Waals surface area contributed by atoms with Crippen LogP contribution in [-0.4, -0.2) is 21.3 Å². The zero-order valence-corrected chi connectivity index (χ0v) is 9.23. The van der Waals surface area contributed by atoms with Gasteiger partial charge in [0.25, 0.3) is 0 Å².